The number of nitrogens with zero attached hydrogens (tertiary/aromatic N) is 2. The Morgan fingerprint density at radius 1 is 1.48 bits per heavy atom. The van der Waals surface area contributed by atoms with E-state index in [0.717, 1.165) is 17.8 Å². The monoisotopic (exact) mass is 308 g/mol. The van der Waals surface area contributed by atoms with Gasteiger partial charge in [-0.1, -0.05) is 18.5 Å². The Bertz CT molecular complexity index is 680. The lowest BCUT2D eigenvalue weighted by Crippen LogP contribution is -2.04. The molecule has 0 amide bonds. The van der Waals surface area contributed by atoms with Crippen LogP contribution in [0.2, 0.25) is 5.02 Å². The lowest BCUT2D eigenvalue weighted by Gasteiger charge is -2.09. The molecule has 0 bridgehead atoms. The van der Waals surface area contributed by atoms with E-state index in [-0.39, 0.29) is 12.2 Å². The number of halogens is 1. The molecule has 0 saturated carbocycles. The summed E-state index contributed by atoms with van der Waals surface area (Å²) in [5.41, 5.74) is 2.57. The number of carboxylic acids is 1. The average Bonchev–Trinajstić information content (AvgIpc) is 2.71. The molecule has 2 rings (SSSR count). The molecule has 1 heterocycles. The largest absolute Gasteiger partial charge is 0.487 e. The molecule has 2 aromatic rings. The highest BCUT2D eigenvalue weighted by Crippen LogP contribution is 2.23. The molecular weight excluding hydrogens is 292 g/mol. The SMILES string of the molecule is CCc1nn(C)c(COc2ccc(C(=O)O)c(C)c2)c1Cl. The Morgan fingerprint density at radius 3 is 2.71 bits per heavy atom. The van der Waals surface area contributed by atoms with Gasteiger partial charge in [0.1, 0.15) is 12.4 Å². The normalized spacial score (nSPS) is 10.7. The van der Waals surface area contributed by atoms with Crippen molar-refractivity contribution in [3.05, 3.63) is 45.7 Å². The van der Waals surface area contributed by atoms with Gasteiger partial charge in [-0.15, -0.1) is 0 Å². The zero-order valence-corrected chi connectivity index (χ0v) is 12.9. The lowest BCUT2D eigenvalue weighted by atomic mass is 10.1. The van der Waals surface area contributed by atoms with Gasteiger partial charge in [0, 0.05) is 7.05 Å². The van der Waals surface area contributed by atoms with Crippen LogP contribution in [-0.2, 0) is 20.1 Å². The van der Waals surface area contributed by atoms with Crippen LogP contribution in [0.15, 0.2) is 18.2 Å². The number of rotatable bonds is 5. The second kappa shape index (κ2) is 6.18. The van der Waals surface area contributed by atoms with Crippen molar-refractivity contribution in [2.75, 3.05) is 0 Å². The molecule has 21 heavy (non-hydrogen) atoms. The summed E-state index contributed by atoms with van der Waals surface area (Å²) in [5.74, 6) is -0.339. The molecule has 0 radical (unpaired) electrons. The van der Waals surface area contributed by atoms with E-state index in [0.29, 0.717) is 16.3 Å². The van der Waals surface area contributed by atoms with Crippen LogP contribution in [0.4, 0.5) is 0 Å². The number of benzene rings is 1. The van der Waals surface area contributed by atoms with Gasteiger partial charge in [-0.2, -0.15) is 5.10 Å². The molecule has 0 aliphatic heterocycles. The van der Waals surface area contributed by atoms with Crippen molar-refractivity contribution >= 4 is 17.6 Å². The van der Waals surface area contributed by atoms with Crippen LogP contribution in [0, 0.1) is 6.92 Å². The number of aryl methyl sites for hydroxylation is 3. The van der Waals surface area contributed by atoms with Gasteiger partial charge in [0.05, 0.1) is 22.0 Å². The van der Waals surface area contributed by atoms with E-state index in [4.69, 9.17) is 21.4 Å². The topological polar surface area (TPSA) is 64.4 Å². The molecule has 0 spiro atoms. The summed E-state index contributed by atoms with van der Waals surface area (Å²) in [5, 5.41) is 13.9. The number of ether oxygens (including phenoxy) is 1. The van der Waals surface area contributed by atoms with Crippen molar-refractivity contribution in [2.24, 2.45) is 7.05 Å². The summed E-state index contributed by atoms with van der Waals surface area (Å²) in [6.07, 6.45) is 0.763. The second-order valence-electron chi connectivity index (χ2n) is 4.76. The van der Waals surface area contributed by atoms with E-state index in [1.54, 1.807) is 23.7 Å². The van der Waals surface area contributed by atoms with Gasteiger partial charge in [0.2, 0.25) is 0 Å². The van der Waals surface area contributed by atoms with Gasteiger partial charge in [0.15, 0.2) is 0 Å². The molecule has 0 fully saturated rings. The van der Waals surface area contributed by atoms with Crippen molar-refractivity contribution < 1.29 is 14.6 Å². The number of hydrogen-bond donors (Lipinski definition) is 1. The van der Waals surface area contributed by atoms with Crippen molar-refractivity contribution in [1.29, 1.82) is 0 Å². The van der Waals surface area contributed by atoms with E-state index < -0.39 is 5.97 Å². The third kappa shape index (κ3) is 3.19. The van der Waals surface area contributed by atoms with Crippen LogP contribution in [0.5, 0.6) is 5.75 Å². The van der Waals surface area contributed by atoms with Gasteiger partial charge >= 0.3 is 5.97 Å². The van der Waals surface area contributed by atoms with E-state index >= 15 is 0 Å². The summed E-state index contributed by atoms with van der Waals surface area (Å²) >= 11 is 6.25. The van der Waals surface area contributed by atoms with Gasteiger partial charge in [-0.25, -0.2) is 4.79 Å². The van der Waals surface area contributed by atoms with Crippen LogP contribution in [0.3, 0.4) is 0 Å². The fourth-order valence-electron chi connectivity index (χ4n) is 2.09. The standard InChI is InChI=1S/C15H17ClN2O3/c1-4-12-14(16)13(18(3)17-12)8-21-10-5-6-11(15(19)20)9(2)7-10/h5-7H,4,8H2,1-3H3,(H,19,20). The minimum absolute atomic E-state index is 0.272. The summed E-state index contributed by atoms with van der Waals surface area (Å²) in [6.45, 7) is 4.02. The number of aromatic carboxylic acids is 1. The first-order chi connectivity index (χ1) is 9.93. The smallest absolute Gasteiger partial charge is 0.335 e. The van der Waals surface area contributed by atoms with E-state index in [1.165, 1.54) is 6.07 Å². The Hall–Kier alpha value is -2.01. The van der Waals surface area contributed by atoms with Crippen LogP contribution in [-0.4, -0.2) is 20.9 Å². The van der Waals surface area contributed by atoms with Crippen molar-refractivity contribution in [2.45, 2.75) is 26.9 Å². The maximum absolute atomic E-state index is 11.0. The molecule has 0 unspecified atom stereocenters. The minimum Gasteiger partial charge on any atom is -0.487 e. The van der Waals surface area contributed by atoms with Crippen molar-refractivity contribution in [3.63, 3.8) is 0 Å². The summed E-state index contributed by atoms with van der Waals surface area (Å²) in [6, 6.07) is 4.88. The first kappa shape index (κ1) is 15.4. The van der Waals surface area contributed by atoms with E-state index in [2.05, 4.69) is 5.10 Å². The predicted octanol–water partition coefficient (Wildman–Crippen LogP) is 3.22. The molecule has 0 aliphatic rings. The zero-order chi connectivity index (χ0) is 15.6. The van der Waals surface area contributed by atoms with Crippen LogP contribution < -0.4 is 4.74 Å². The van der Waals surface area contributed by atoms with Crippen molar-refractivity contribution in [1.82, 2.24) is 9.78 Å². The summed E-state index contributed by atoms with van der Waals surface area (Å²) in [4.78, 5) is 11.0. The molecule has 0 atom stereocenters. The number of carboxylic acid groups (broad SMARTS) is 1. The average molecular weight is 309 g/mol. The quantitative estimate of drug-likeness (QED) is 0.921. The van der Waals surface area contributed by atoms with E-state index in [9.17, 15) is 4.79 Å². The summed E-state index contributed by atoms with van der Waals surface area (Å²) in [7, 11) is 1.82. The van der Waals surface area contributed by atoms with Gasteiger partial charge in [0.25, 0.3) is 0 Å². The zero-order valence-electron chi connectivity index (χ0n) is 12.2. The molecular formula is C15H17ClN2O3. The minimum atomic E-state index is -0.943. The first-order valence-electron chi connectivity index (χ1n) is 6.61. The van der Waals surface area contributed by atoms with Crippen molar-refractivity contribution in [3.8, 4) is 5.75 Å². The third-order valence-corrected chi connectivity index (χ3v) is 3.74. The Morgan fingerprint density at radius 2 is 2.19 bits per heavy atom. The number of carbonyl (C=O) groups is 1. The fraction of sp³-hybridized carbons (Fsp3) is 0.333. The van der Waals surface area contributed by atoms with Crippen LogP contribution >= 0.6 is 11.6 Å². The molecule has 112 valence electrons. The maximum atomic E-state index is 11.0. The van der Waals surface area contributed by atoms with E-state index in [1.807, 2.05) is 14.0 Å². The molecule has 6 heteroatoms. The Labute approximate surface area is 128 Å². The number of aromatic nitrogens is 2. The second-order valence-corrected chi connectivity index (χ2v) is 5.13. The predicted molar refractivity (Wildman–Crippen MR) is 80.1 cm³/mol. The maximum Gasteiger partial charge on any atom is 0.335 e. The fourth-order valence-corrected chi connectivity index (χ4v) is 2.44. The highest BCUT2D eigenvalue weighted by molar-refractivity contribution is 6.31. The highest BCUT2D eigenvalue weighted by Gasteiger charge is 2.14. The highest BCUT2D eigenvalue weighted by atomic mass is 35.5. The molecule has 1 N–H and O–H groups in total. The molecule has 5 nitrogen and oxygen atoms in total. The van der Waals surface area contributed by atoms with Crippen LogP contribution in [0.25, 0.3) is 0 Å². The first-order valence-corrected chi connectivity index (χ1v) is 6.98. The Balaban J connectivity index is 2.15. The van der Waals surface area contributed by atoms with Gasteiger partial charge in [-0.05, 0) is 37.1 Å². The Kier molecular flexibility index (Phi) is 4.53. The molecule has 1 aromatic carbocycles. The van der Waals surface area contributed by atoms with Gasteiger partial charge < -0.3 is 9.84 Å². The van der Waals surface area contributed by atoms with Gasteiger partial charge in [-0.3, -0.25) is 4.68 Å². The lowest BCUT2D eigenvalue weighted by molar-refractivity contribution is 0.0696. The van der Waals surface area contributed by atoms with Crippen LogP contribution in [0.1, 0.15) is 34.2 Å². The summed E-state index contributed by atoms with van der Waals surface area (Å²) < 4.78 is 7.40. The molecule has 1 aromatic heterocycles. The molecule has 0 aliphatic carbocycles. The third-order valence-electron chi connectivity index (χ3n) is 3.31. The molecule has 0 saturated heterocycles. The number of hydrogen-bond acceptors (Lipinski definition) is 3.